The van der Waals surface area contributed by atoms with E-state index in [9.17, 15) is 0 Å². The van der Waals surface area contributed by atoms with E-state index in [2.05, 4.69) is 6.92 Å². The lowest BCUT2D eigenvalue weighted by atomic mass is 9.88. The minimum absolute atomic E-state index is 0.140. The number of methoxy groups -OCH3 is 2. The molecule has 13 heavy (non-hydrogen) atoms. The average molecular weight is 188 g/mol. The Morgan fingerprint density at radius 2 is 1.23 bits per heavy atom. The van der Waals surface area contributed by atoms with Crippen LogP contribution in [0, 0.1) is 5.92 Å². The van der Waals surface area contributed by atoms with Gasteiger partial charge in [-0.25, -0.2) is 0 Å². The molecule has 0 bridgehead atoms. The number of rotatable bonds is 2. The average Bonchev–Trinajstić information content (AvgIpc) is 2.04. The highest BCUT2D eigenvalue weighted by atomic mass is 16.6. The van der Waals surface area contributed by atoms with Gasteiger partial charge in [0.25, 0.3) is 0 Å². The highest BCUT2D eigenvalue weighted by Crippen LogP contribution is 2.28. The molecule has 78 valence electrons. The van der Waals surface area contributed by atoms with E-state index >= 15 is 0 Å². The van der Waals surface area contributed by atoms with Crippen LogP contribution in [0.15, 0.2) is 0 Å². The summed E-state index contributed by atoms with van der Waals surface area (Å²) in [5, 5.41) is 0. The first-order valence-electron chi connectivity index (χ1n) is 4.82. The Kier molecular flexibility index (Phi) is 3.71. The number of ether oxygens (including phenoxy) is 3. The van der Waals surface area contributed by atoms with Gasteiger partial charge in [0, 0.05) is 20.1 Å². The Labute approximate surface area is 80.4 Å². The third-order valence-corrected chi connectivity index (χ3v) is 2.94. The fourth-order valence-corrected chi connectivity index (χ4v) is 2.35. The van der Waals surface area contributed by atoms with Gasteiger partial charge < -0.3 is 14.2 Å². The van der Waals surface area contributed by atoms with Crippen molar-refractivity contribution in [3.05, 3.63) is 0 Å². The first-order chi connectivity index (χ1) is 6.11. The molecule has 1 heterocycles. The summed E-state index contributed by atoms with van der Waals surface area (Å²) >= 11 is 0. The third-order valence-electron chi connectivity index (χ3n) is 2.94. The van der Waals surface area contributed by atoms with E-state index in [1.807, 2.05) is 13.8 Å². The zero-order valence-corrected chi connectivity index (χ0v) is 9.11. The summed E-state index contributed by atoms with van der Waals surface area (Å²) in [7, 11) is 3.45. The smallest absolute Gasteiger partial charge is 0.0881 e. The van der Waals surface area contributed by atoms with Crippen LogP contribution >= 0.6 is 0 Å². The normalized spacial score (nSPS) is 46.4. The first-order valence-corrected chi connectivity index (χ1v) is 4.82. The second-order valence-corrected chi connectivity index (χ2v) is 3.81. The van der Waals surface area contributed by atoms with E-state index in [1.165, 1.54) is 0 Å². The summed E-state index contributed by atoms with van der Waals surface area (Å²) in [6.07, 6.45) is 0.588. The molecular weight excluding hydrogens is 168 g/mol. The molecule has 0 saturated carbocycles. The predicted molar refractivity (Wildman–Crippen MR) is 50.8 cm³/mol. The van der Waals surface area contributed by atoms with Gasteiger partial charge in [-0.2, -0.15) is 0 Å². The Hall–Kier alpha value is -0.120. The highest BCUT2D eigenvalue weighted by Gasteiger charge is 2.40. The second-order valence-electron chi connectivity index (χ2n) is 3.81. The Morgan fingerprint density at radius 1 is 0.846 bits per heavy atom. The minimum Gasteiger partial charge on any atom is -0.378 e. The molecule has 0 aromatic carbocycles. The van der Waals surface area contributed by atoms with Crippen LogP contribution in [0.3, 0.4) is 0 Å². The molecule has 1 aliphatic rings. The lowest BCUT2D eigenvalue weighted by Gasteiger charge is -2.42. The molecule has 0 aliphatic carbocycles. The van der Waals surface area contributed by atoms with Gasteiger partial charge in [0.15, 0.2) is 0 Å². The van der Waals surface area contributed by atoms with Gasteiger partial charge in [0.05, 0.1) is 24.4 Å². The van der Waals surface area contributed by atoms with Crippen LogP contribution in [0.4, 0.5) is 0 Å². The van der Waals surface area contributed by atoms with E-state index in [0.717, 1.165) is 0 Å². The van der Waals surface area contributed by atoms with Gasteiger partial charge in [-0.3, -0.25) is 0 Å². The molecule has 1 rings (SSSR count). The maximum Gasteiger partial charge on any atom is 0.0881 e. The molecule has 1 aliphatic heterocycles. The summed E-state index contributed by atoms with van der Waals surface area (Å²) in [6, 6.07) is 0. The quantitative estimate of drug-likeness (QED) is 0.656. The summed E-state index contributed by atoms with van der Waals surface area (Å²) in [4.78, 5) is 0. The van der Waals surface area contributed by atoms with Crippen LogP contribution in [-0.4, -0.2) is 38.6 Å². The van der Waals surface area contributed by atoms with Crippen molar-refractivity contribution < 1.29 is 14.2 Å². The van der Waals surface area contributed by atoms with E-state index in [4.69, 9.17) is 14.2 Å². The van der Waals surface area contributed by atoms with Crippen LogP contribution in [0.2, 0.25) is 0 Å². The molecule has 1 fully saturated rings. The van der Waals surface area contributed by atoms with Crippen LogP contribution in [0.5, 0.6) is 0 Å². The Balaban J connectivity index is 2.69. The largest absolute Gasteiger partial charge is 0.378 e. The maximum atomic E-state index is 5.71. The molecule has 0 unspecified atom stereocenters. The third kappa shape index (κ3) is 2.03. The van der Waals surface area contributed by atoms with Crippen molar-refractivity contribution in [3.8, 4) is 0 Å². The summed E-state index contributed by atoms with van der Waals surface area (Å²) in [5.74, 6) is 0.383. The van der Waals surface area contributed by atoms with E-state index in [1.54, 1.807) is 14.2 Å². The summed E-state index contributed by atoms with van der Waals surface area (Å²) in [6.45, 7) is 6.25. The lowest BCUT2D eigenvalue weighted by molar-refractivity contribution is -0.200. The molecule has 4 atom stereocenters. The molecule has 1 saturated heterocycles. The molecule has 0 amide bonds. The monoisotopic (exact) mass is 188 g/mol. The fourth-order valence-electron chi connectivity index (χ4n) is 2.35. The van der Waals surface area contributed by atoms with E-state index in [-0.39, 0.29) is 24.4 Å². The predicted octanol–water partition coefficient (Wildman–Crippen LogP) is 1.46. The highest BCUT2D eigenvalue weighted by molar-refractivity contribution is 4.88. The number of hydrogen-bond acceptors (Lipinski definition) is 3. The molecule has 3 heteroatoms. The van der Waals surface area contributed by atoms with Gasteiger partial charge in [-0.05, 0) is 13.8 Å². The second kappa shape index (κ2) is 4.40. The summed E-state index contributed by atoms with van der Waals surface area (Å²) in [5.41, 5.74) is 0. The molecule has 0 aromatic heterocycles. The van der Waals surface area contributed by atoms with Crippen molar-refractivity contribution in [2.45, 2.75) is 45.2 Å². The first kappa shape index (κ1) is 11.0. The lowest BCUT2D eigenvalue weighted by Crippen LogP contribution is -2.52. The molecule has 0 N–H and O–H groups in total. The molecule has 0 aromatic rings. The van der Waals surface area contributed by atoms with E-state index in [0.29, 0.717) is 5.92 Å². The van der Waals surface area contributed by atoms with Crippen molar-refractivity contribution in [3.63, 3.8) is 0 Å². The van der Waals surface area contributed by atoms with Crippen LogP contribution < -0.4 is 0 Å². The molecule has 0 spiro atoms. The molecule has 0 radical (unpaired) electrons. The minimum atomic E-state index is 0.140. The zero-order valence-electron chi connectivity index (χ0n) is 9.11. The van der Waals surface area contributed by atoms with Crippen molar-refractivity contribution in [1.82, 2.24) is 0 Å². The van der Waals surface area contributed by atoms with Crippen LogP contribution in [0.1, 0.15) is 20.8 Å². The van der Waals surface area contributed by atoms with Crippen molar-refractivity contribution in [1.29, 1.82) is 0 Å². The topological polar surface area (TPSA) is 27.7 Å². The van der Waals surface area contributed by atoms with Crippen LogP contribution in [0.25, 0.3) is 0 Å². The van der Waals surface area contributed by atoms with E-state index < -0.39 is 0 Å². The van der Waals surface area contributed by atoms with Gasteiger partial charge >= 0.3 is 0 Å². The van der Waals surface area contributed by atoms with Crippen molar-refractivity contribution in [2.24, 2.45) is 5.92 Å². The van der Waals surface area contributed by atoms with Crippen molar-refractivity contribution in [2.75, 3.05) is 14.2 Å². The zero-order chi connectivity index (χ0) is 10.0. The van der Waals surface area contributed by atoms with Gasteiger partial charge in [-0.1, -0.05) is 6.92 Å². The molecule has 3 nitrogen and oxygen atoms in total. The SMILES string of the molecule is CO[C@@H]1C(C)[C@@H](OC)[C@H](C)O[C@H]1C. The van der Waals surface area contributed by atoms with Gasteiger partial charge in [0.2, 0.25) is 0 Å². The fraction of sp³-hybridized carbons (Fsp3) is 1.00. The van der Waals surface area contributed by atoms with Crippen molar-refractivity contribution >= 4 is 0 Å². The Morgan fingerprint density at radius 3 is 1.54 bits per heavy atom. The summed E-state index contributed by atoms with van der Waals surface area (Å²) < 4.78 is 16.5. The standard InChI is InChI=1S/C10H20O3/c1-6-9(11-4)7(2)13-8(3)10(6)12-5/h6-10H,1-5H3/t7-,8-,9+,10+/m0/s1. The Bertz CT molecular complexity index is 144. The van der Waals surface area contributed by atoms with Crippen LogP contribution in [-0.2, 0) is 14.2 Å². The maximum absolute atomic E-state index is 5.71. The molecular formula is C10H20O3. The van der Waals surface area contributed by atoms with Gasteiger partial charge in [-0.15, -0.1) is 0 Å². The van der Waals surface area contributed by atoms with Gasteiger partial charge in [0.1, 0.15) is 0 Å². The number of hydrogen-bond donors (Lipinski definition) is 0.